The SMILES string of the molecule is CCn1c(=O)[nH]c2cc(N=Cc3c(O)ccc4ccccc34)c(O)cc21.[Cu]. The third-order valence-electron chi connectivity index (χ3n) is 4.47. The third-order valence-corrected chi connectivity index (χ3v) is 4.47. The average Bonchev–Trinajstić information content (AvgIpc) is 2.94. The summed E-state index contributed by atoms with van der Waals surface area (Å²) in [7, 11) is 0. The molecule has 0 spiro atoms. The molecule has 6 nitrogen and oxygen atoms in total. The summed E-state index contributed by atoms with van der Waals surface area (Å²) in [6, 6.07) is 14.3. The number of phenolic OH excluding ortho intramolecular Hbond substituents is 2. The Morgan fingerprint density at radius 3 is 2.67 bits per heavy atom. The van der Waals surface area contributed by atoms with E-state index in [1.54, 1.807) is 16.7 Å². The van der Waals surface area contributed by atoms with Crippen molar-refractivity contribution in [2.75, 3.05) is 0 Å². The third kappa shape index (κ3) is 3.23. The fourth-order valence-corrected chi connectivity index (χ4v) is 3.15. The molecule has 7 heteroatoms. The molecule has 0 aliphatic carbocycles. The Balaban J connectivity index is 0.00000210. The Hall–Kier alpha value is -3.02. The van der Waals surface area contributed by atoms with Crippen molar-refractivity contribution in [1.29, 1.82) is 0 Å². The first-order valence-corrected chi connectivity index (χ1v) is 8.29. The van der Waals surface area contributed by atoms with Gasteiger partial charge in [-0.25, -0.2) is 4.79 Å². The molecule has 0 unspecified atom stereocenters. The van der Waals surface area contributed by atoms with Gasteiger partial charge >= 0.3 is 5.69 Å². The predicted molar refractivity (Wildman–Crippen MR) is 103 cm³/mol. The van der Waals surface area contributed by atoms with E-state index >= 15 is 0 Å². The van der Waals surface area contributed by atoms with Gasteiger partial charge in [-0.05, 0) is 29.8 Å². The van der Waals surface area contributed by atoms with Crippen molar-refractivity contribution in [2.45, 2.75) is 13.5 Å². The molecule has 0 fully saturated rings. The minimum absolute atomic E-state index is 0. The number of aromatic amines is 1. The summed E-state index contributed by atoms with van der Waals surface area (Å²) >= 11 is 0. The zero-order valence-corrected chi connectivity index (χ0v) is 15.3. The second-order valence-electron chi connectivity index (χ2n) is 6.01. The zero-order chi connectivity index (χ0) is 18.3. The molecule has 0 saturated heterocycles. The molecule has 0 amide bonds. The molecule has 4 rings (SSSR count). The molecule has 0 atom stereocenters. The van der Waals surface area contributed by atoms with Crippen molar-refractivity contribution in [3.63, 3.8) is 0 Å². The van der Waals surface area contributed by atoms with Gasteiger partial charge < -0.3 is 15.2 Å². The number of aryl methyl sites for hydroxylation is 1. The number of H-pyrrole nitrogens is 1. The van der Waals surface area contributed by atoms with Crippen LogP contribution < -0.4 is 5.69 Å². The topological polar surface area (TPSA) is 90.6 Å². The quantitative estimate of drug-likeness (QED) is 0.355. The van der Waals surface area contributed by atoms with Crippen LogP contribution in [-0.2, 0) is 23.6 Å². The van der Waals surface area contributed by atoms with Crippen LogP contribution in [0.3, 0.4) is 0 Å². The van der Waals surface area contributed by atoms with Gasteiger partial charge in [0.2, 0.25) is 0 Å². The fourth-order valence-electron chi connectivity index (χ4n) is 3.15. The van der Waals surface area contributed by atoms with Gasteiger partial charge in [0, 0.05) is 41.5 Å². The van der Waals surface area contributed by atoms with Crippen molar-refractivity contribution in [2.24, 2.45) is 4.99 Å². The van der Waals surface area contributed by atoms with Gasteiger partial charge in [0.25, 0.3) is 0 Å². The standard InChI is InChI=1S/C20H17N3O3.Cu/c1-2-23-17-10-19(25)16(9-15(17)22-20(23)26)21-11-14-13-6-4-3-5-12(13)7-8-18(14)24;/h3-11,24-25H,2H2,1H3,(H,22,26);. The fraction of sp³-hybridized carbons (Fsp3) is 0.100. The first-order chi connectivity index (χ1) is 12.6. The summed E-state index contributed by atoms with van der Waals surface area (Å²) in [6.07, 6.45) is 1.52. The number of aromatic hydroxyl groups is 2. The predicted octanol–water partition coefficient (Wildman–Crippen LogP) is 3.66. The Morgan fingerprint density at radius 2 is 1.89 bits per heavy atom. The normalized spacial score (nSPS) is 11.3. The van der Waals surface area contributed by atoms with Crippen LogP contribution in [0, 0.1) is 0 Å². The second kappa shape index (κ2) is 7.31. The van der Waals surface area contributed by atoms with E-state index in [9.17, 15) is 15.0 Å². The first-order valence-electron chi connectivity index (χ1n) is 8.29. The molecule has 1 heterocycles. The summed E-state index contributed by atoms with van der Waals surface area (Å²) in [4.78, 5) is 19.0. The monoisotopic (exact) mass is 410 g/mol. The summed E-state index contributed by atoms with van der Waals surface area (Å²) < 4.78 is 1.54. The van der Waals surface area contributed by atoms with E-state index in [-0.39, 0.29) is 34.3 Å². The van der Waals surface area contributed by atoms with E-state index in [2.05, 4.69) is 9.98 Å². The van der Waals surface area contributed by atoms with Gasteiger partial charge in [-0.3, -0.25) is 9.56 Å². The Kier molecular flexibility index (Phi) is 5.08. The number of nitrogens with one attached hydrogen (secondary N) is 1. The molecule has 3 N–H and O–H groups in total. The number of rotatable bonds is 3. The van der Waals surface area contributed by atoms with Crippen molar-refractivity contribution in [1.82, 2.24) is 9.55 Å². The van der Waals surface area contributed by atoms with E-state index in [1.165, 1.54) is 12.3 Å². The molecule has 1 aromatic heterocycles. The summed E-state index contributed by atoms with van der Waals surface area (Å²) in [6.45, 7) is 2.37. The summed E-state index contributed by atoms with van der Waals surface area (Å²) in [5, 5.41) is 22.3. The number of benzene rings is 3. The van der Waals surface area contributed by atoms with E-state index in [0.717, 1.165) is 10.8 Å². The molecule has 141 valence electrons. The van der Waals surface area contributed by atoms with Crippen LogP contribution in [0.2, 0.25) is 0 Å². The molecule has 0 saturated carbocycles. The van der Waals surface area contributed by atoms with E-state index in [4.69, 9.17) is 0 Å². The molecule has 1 radical (unpaired) electrons. The molecule has 0 bridgehead atoms. The Morgan fingerprint density at radius 1 is 1.11 bits per heavy atom. The minimum Gasteiger partial charge on any atom is -0.507 e. The van der Waals surface area contributed by atoms with Gasteiger partial charge in [0.05, 0.1) is 11.0 Å². The number of hydrogen-bond donors (Lipinski definition) is 3. The van der Waals surface area contributed by atoms with Gasteiger partial charge in [0.1, 0.15) is 17.2 Å². The molecular formula is C20H17CuN3O3. The van der Waals surface area contributed by atoms with E-state index in [1.807, 2.05) is 37.3 Å². The van der Waals surface area contributed by atoms with Crippen LogP contribution in [0.1, 0.15) is 12.5 Å². The number of imidazole rings is 1. The maximum Gasteiger partial charge on any atom is 0.326 e. The van der Waals surface area contributed by atoms with Crippen LogP contribution in [0.4, 0.5) is 5.69 Å². The molecule has 0 aliphatic rings. The molecule has 3 aromatic carbocycles. The first kappa shape index (κ1) is 18.8. The van der Waals surface area contributed by atoms with E-state index in [0.29, 0.717) is 28.8 Å². The number of aliphatic imine (C=N–C) groups is 1. The van der Waals surface area contributed by atoms with Crippen molar-refractivity contribution >= 4 is 33.7 Å². The second-order valence-corrected chi connectivity index (χ2v) is 6.01. The van der Waals surface area contributed by atoms with Gasteiger partial charge in [-0.1, -0.05) is 30.3 Å². The molecule has 4 aromatic rings. The molecule has 0 aliphatic heterocycles. The largest absolute Gasteiger partial charge is 0.507 e. The van der Waals surface area contributed by atoms with Crippen molar-refractivity contribution < 1.29 is 27.3 Å². The van der Waals surface area contributed by atoms with Crippen molar-refractivity contribution in [3.8, 4) is 11.5 Å². The van der Waals surface area contributed by atoms with Crippen LogP contribution in [0.15, 0.2) is 58.3 Å². The number of fused-ring (bicyclic) bond motifs is 2. The number of hydrogen-bond acceptors (Lipinski definition) is 4. The van der Waals surface area contributed by atoms with Gasteiger partial charge in [-0.15, -0.1) is 0 Å². The zero-order valence-electron chi connectivity index (χ0n) is 14.4. The summed E-state index contributed by atoms with van der Waals surface area (Å²) in [5.41, 5.74) is 1.89. The maximum absolute atomic E-state index is 11.9. The number of phenols is 2. The number of nitrogens with zero attached hydrogens (tertiary/aromatic N) is 2. The maximum atomic E-state index is 11.9. The van der Waals surface area contributed by atoms with Crippen molar-refractivity contribution in [3.05, 3.63) is 64.6 Å². The minimum atomic E-state index is -0.227. The van der Waals surface area contributed by atoms with Crippen LogP contribution in [0.25, 0.3) is 21.8 Å². The van der Waals surface area contributed by atoms with Crippen LogP contribution in [0.5, 0.6) is 11.5 Å². The van der Waals surface area contributed by atoms with Gasteiger partial charge in [0.15, 0.2) is 0 Å². The summed E-state index contributed by atoms with van der Waals surface area (Å²) in [5.74, 6) is 0.0771. The van der Waals surface area contributed by atoms with Crippen LogP contribution in [-0.4, -0.2) is 26.0 Å². The average molecular weight is 411 g/mol. The van der Waals surface area contributed by atoms with Crippen LogP contribution >= 0.6 is 0 Å². The van der Waals surface area contributed by atoms with E-state index < -0.39 is 0 Å². The molecular weight excluding hydrogens is 394 g/mol. The Bertz CT molecular complexity index is 1220. The number of aromatic nitrogens is 2. The van der Waals surface area contributed by atoms with Gasteiger partial charge in [-0.2, -0.15) is 0 Å². The smallest absolute Gasteiger partial charge is 0.326 e. The molecule has 27 heavy (non-hydrogen) atoms. The Labute approximate surface area is 165 Å².